The van der Waals surface area contributed by atoms with Crippen molar-refractivity contribution in [3.05, 3.63) is 28.6 Å². The molecule has 1 aromatic rings. The lowest BCUT2D eigenvalue weighted by Gasteiger charge is -2.17. The molecule has 0 saturated carbocycles. The number of carbonyl (C=O) groups is 1. The van der Waals surface area contributed by atoms with Crippen LogP contribution in [0.5, 0.6) is 0 Å². The molecule has 1 heterocycles. The predicted molar refractivity (Wildman–Crippen MR) is 53.4 cm³/mol. The summed E-state index contributed by atoms with van der Waals surface area (Å²) in [6.07, 6.45) is -9.00. The molecule has 0 radical (unpaired) electrons. The summed E-state index contributed by atoms with van der Waals surface area (Å²) in [5.74, 6) is -1.40. The first-order valence-electron chi connectivity index (χ1n) is 4.96. The minimum absolute atomic E-state index is 0.207. The Balaban J connectivity index is 3.52. The standard InChI is InChI=1S/C10H9F5N2O2/c11-9(12)8-4(2-16)6(1-7(18)19)17-3-5(8)10(13,14)15/h3,9H,1-2,16H2,(H,18,19). The number of hydrogen-bond acceptors (Lipinski definition) is 3. The highest BCUT2D eigenvalue weighted by molar-refractivity contribution is 5.70. The predicted octanol–water partition coefficient (Wildman–Crippen LogP) is 2.12. The Labute approximate surface area is 104 Å². The average molecular weight is 284 g/mol. The molecule has 19 heavy (non-hydrogen) atoms. The van der Waals surface area contributed by atoms with Gasteiger partial charge >= 0.3 is 12.1 Å². The number of alkyl halides is 5. The number of carboxylic acid groups (broad SMARTS) is 1. The van der Waals surface area contributed by atoms with E-state index in [0.717, 1.165) is 0 Å². The van der Waals surface area contributed by atoms with Crippen molar-refractivity contribution in [3.63, 3.8) is 0 Å². The van der Waals surface area contributed by atoms with Crippen molar-refractivity contribution in [2.24, 2.45) is 5.73 Å². The van der Waals surface area contributed by atoms with Crippen molar-refractivity contribution in [3.8, 4) is 0 Å². The van der Waals surface area contributed by atoms with Crippen LogP contribution >= 0.6 is 0 Å². The van der Waals surface area contributed by atoms with Gasteiger partial charge in [-0.15, -0.1) is 0 Å². The van der Waals surface area contributed by atoms with E-state index in [4.69, 9.17) is 10.8 Å². The minimum Gasteiger partial charge on any atom is -0.481 e. The third-order valence-electron chi connectivity index (χ3n) is 2.36. The third kappa shape index (κ3) is 3.37. The normalized spacial score (nSPS) is 11.9. The maximum Gasteiger partial charge on any atom is 0.418 e. The van der Waals surface area contributed by atoms with Crippen LogP contribution in [-0.4, -0.2) is 16.1 Å². The fourth-order valence-electron chi connectivity index (χ4n) is 1.61. The maximum absolute atomic E-state index is 12.8. The Morgan fingerprint density at radius 2 is 2.00 bits per heavy atom. The second kappa shape index (κ2) is 5.47. The molecule has 0 unspecified atom stereocenters. The van der Waals surface area contributed by atoms with E-state index in [1.165, 1.54) is 0 Å². The molecule has 0 aliphatic carbocycles. The van der Waals surface area contributed by atoms with Crippen molar-refractivity contribution in [1.29, 1.82) is 0 Å². The van der Waals surface area contributed by atoms with Crippen LogP contribution in [0.4, 0.5) is 22.0 Å². The van der Waals surface area contributed by atoms with Gasteiger partial charge in [0, 0.05) is 18.3 Å². The summed E-state index contributed by atoms with van der Waals surface area (Å²) in [5.41, 5.74) is 1.27. The largest absolute Gasteiger partial charge is 0.481 e. The first-order valence-corrected chi connectivity index (χ1v) is 4.96. The van der Waals surface area contributed by atoms with E-state index in [1.54, 1.807) is 0 Å². The fourth-order valence-corrected chi connectivity index (χ4v) is 1.61. The molecule has 0 fully saturated rings. The quantitative estimate of drug-likeness (QED) is 0.830. The molecular weight excluding hydrogens is 275 g/mol. The lowest BCUT2D eigenvalue weighted by Crippen LogP contribution is -2.18. The highest BCUT2D eigenvalue weighted by Crippen LogP contribution is 2.38. The van der Waals surface area contributed by atoms with Crippen LogP contribution in [0.3, 0.4) is 0 Å². The first kappa shape index (κ1) is 15.3. The summed E-state index contributed by atoms with van der Waals surface area (Å²) in [7, 11) is 0. The average Bonchev–Trinajstić information content (AvgIpc) is 2.25. The molecule has 1 rings (SSSR count). The maximum atomic E-state index is 12.8. The van der Waals surface area contributed by atoms with Crippen LogP contribution in [0.1, 0.15) is 28.8 Å². The van der Waals surface area contributed by atoms with Gasteiger partial charge in [0.1, 0.15) is 0 Å². The van der Waals surface area contributed by atoms with Crippen molar-refractivity contribution in [2.45, 2.75) is 25.6 Å². The van der Waals surface area contributed by atoms with Gasteiger partial charge in [-0.25, -0.2) is 8.78 Å². The van der Waals surface area contributed by atoms with E-state index in [0.29, 0.717) is 0 Å². The molecule has 4 nitrogen and oxygen atoms in total. The van der Waals surface area contributed by atoms with Crippen molar-refractivity contribution >= 4 is 5.97 Å². The number of nitrogens with two attached hydrogens (primary N) is 1. The van der Waals surface area contributed by atoms with Crippen molar-refractivity contribution in [2.75, 3.05) is 0 Å². The van der Waals surface area contributed by atoms with Gasteiger partial charge in [-0.2, -0.15) is 13.2 Å². The lowest BCUT2D eigenvalue weighted by molar-refractivity contribution is -0.139. The second-order valence-electron chi connectivity index (χ2n) is 3.58. The molecule has 1 aromatic heterocycles. The number of aromatic nitrogens is 1. The van der Waals surface area contributed by atoms with Gasteiger partial charge in [-0.3, -0.25) is 9.78 Å². The molecule has 0 bridgehead atoms. The molecule has 0 aromatic carbocycles. The van der Waals surface area contributed by atoms with Gasteiger partial charge in [-0.05, 0) is 5.56 Å². The Kier molecular flexibility index (Phi) is 4.40. The Hall–Kier alpha value is -1.77. The van der Waals surface area contributed by atoms with Crippen LogP contribution in [0, 0.1) is 0 Å². The SMILES string of the molecule is NCc1c(CC(=O)O)ncc(C(F)(F)F)c1C(F)F. The van der Waals surface area contributed by atoms with Crippen LogP contribution in [0.2, 0.25) is 0 Å². The Morgan fingerprint density at radius 3 is 2.37 bits per heavy atom. The number of pyridine rings is 1. The molecule has 106 valence electrons. The molecular formula is C10H9F5N2O2. The molecule has 0 spiro atoms. The van der Waals surface area contributed by atoms with Gasteiger partial charge in [0.2, 0.25) is 0 Å². The third-order valence-corrected chi connectivity index (χ3v) is 2.36. The van der Waals surface area contributed by atoms with Crippen molar-refractivity contribution < 1.29 is 31.9 Å². The summed E-state index contributed by atoms with van der Waals surface area (Å²) in [5, 5.41) is 8.56. The number of nitrogens with zero attached hydrogens (tertiary/aromatic N) is 1. The summed E-state index contributed by atoms with van der Waals surface area (Å²) < 4.78 is 63.4. The number of carboxylic acids is 1. The van der Waals surface area contributed by atoms with Gasteiger partial charge in [-0.1, -0.05) is 0 Å². The number of halogens is 5. The topological polar surface area (TPSA) is 76.2 Å². The zero-order chi connectivity index (χ0) is 14.8. The fraction of sp³-hybridized carbons (Fsp3) is 0.400. The van der Waals surface area contributed by atoms with Gasteiger partial charge < -0.3 is 10.8 Å². The molecule has 0 aliphatic rings. The number of rotatable bonds is 4. The molecule has 3 N–H and O–H groups in total. The Morgan fingerprint density at radius 1 is 1.42 bits per heavy atom. The van der Waals surface area contributed by atoms with Crippen LogP contribution in [0.15, 0.2) is 6.20 Å². The van der Waals surface area contributed by atoms with Crippen LogP contribution < -0.4 is 5.73 Å². The van der Waals surface area contributed by atoms with Gasteiger partial charge in [0.05, 0.1) is 17.7 Å². The summed E-state index contributed by atoms with van der Waals surface area (Å²) in [6.45, 7) is -0.654. The molecule has 0 saturated heterocycles. The minimum atomic E-state index is -5.01. The van der Waals surface area contributed by atoms with Crippen molar-refractivity contribution in [1.82, 2.24) is 4.98 Å². The Bertz CT molecular complexity index is 488. The van der Waals surface area contributed by atoms with E-state index in [9.17, 15) is 26.7 Å². The van der Waals surface area contributed by atoms with E-state index in [1.807, 2.05) is 0 Å². The number of hydrogen-bond donors (Lipinski definition) is 2. The molecule has 0 amide bonds. The van der Waals surface area contributed by atoms with E-state index in [-0.39, 0.29) is 6.20 Å². The zero-order valence-corrected chi connectivity index (χ0v) is 9.34. The zero-order valence-electron chi connectivity index (χ0n) is 9.34. The van der Waals surface area contributed by atoms with Gasteiger partial charge in [0.15, 0.2) is 0 Å². The smallest absolute Gasteiger partial charge is 0.418 e. The summed E-state index contributed by atoms with van der Waals surface area (Å²) in [6, 6.07) is 0. The molecule has 0 atom stereocenters. The lowest BCUT2D eigenvalue weighted by atomic mass is 9.99. The van der Waals surface area contributed by atoms with Crippen LogP contribution in [-0.2, 0) is 23.9 Å². The monoisotopic (exact) mass is 284 g/mol. The summed E-state index contributed by atoms with van der Waals surface area (Å²) >= 11 is 0. The second-order valence-corrected chi connectivity index (χ2v) is 3.58. The van der Waals surface area contributed by atoms with E-state index < -0.39 is 53.9 Å². The van der Waals surface area contributed by atoms with Crippen LogP contribution in [0.25, 0.3) is 0 Å². The molecule has 9 heteroatoms. The number of aliphatic carboxylic acids is 1. The van der Waals surface area contributed by atoms with E-state index >= 15 is 0 Å². The van der Waals surface area contributed by atoms with Gasteiger partial charge in [0.25, 0.3) is 6.43 Å². The highest BCUT2D eigenvalue weighted by atomic mass is 19.4. The molecule has 0 aliphatic heterocycles. The highest BCUT2D eigenvalue weighted by Gasteiger charge is 2.38. The summed E-state index contributed by atoms with van der Waals surface area (Å²) in [4.78, 5) is 13.8. The first-order chi connectivity index (χ1) is 8.68. The van der Waals surface area contributed by atoms with E-state index in [2.05, 4.69) is 4.98 Å².